The fraction of sp³-hybridized carbons (Fsp3) is 0.0667. The predicted molar refractivity (Wildman–Crippen MR) is 75.3 cm³/mol. The Labute approximate surface area is 115 Å². The largest absolute Gasteiger partial charge is 0.454 e. The Hall–Kier alpha value is -2.82. The molecule has 2 N–H and O–H groups in total. The minimum absolute atomic E-state index is 0.166. The van der Waals surface area contributed by atoms with Crippen molar-refractivity contribution in [2.24, 2.45) is 5.16 Å². The first-order valence-corrected chi connectivity index (χ1v) is 6.05. The van der Waals surface area contributed by atoms with Crippen LogP contribution in [0.3, 0.4) is 0 Å². The van der Waals surface area contributed by atoms with Crippen molar-refractivity contribution < 1.29 is 14.7 Å². The molecule has 0 atom stereocenters. The van der Waals surface area contributed by atoms with Gasteiger partial charge in [-0.15, -0.1) is 0 Å². The fourth-order valence-corrected chi connectivity index (χ4v) is 2.29. The van der Waals surface area contributed by atoms with Crippen LogP contribution in [0.5, 0.6) is 11.5 Å². The molecule has 2 aromatic carbocycles. The summed E-state index contributed by atoms with van der Waals surface area (Å²) in [5.74, 6) is 1.22. The molecule has 0 fully saturated rings. The molecule has 20 heavy (non-hydrogen) atoms. The average Bonchev–Trinajstić information content (AvgIpc) is 2.95. The van der Waals surface area contributed by atoms with Crippen LogP contribution >= 0.6 is 0 Å². The van der Waals surface area contributed by atoms with Crippen LogP contribution in [0.4, 0.5) is 0 Å². The number of hydrogen-bond donors (Lipinski definition) is 2. The molecule has 0 aliphatic carbocycles. The van der Waals surface area contributed by atoms with Gasteiger partial charge < -0.3 is 20.1 Å². The van der Waals surface area contributed by atoms with E-state index in [2.05, 4.69) is 5.16 Å². The van der Waals surface area contributed by atoms with E-state index in [1.807, 2.05) is 36.4 Å². The molecule has 1 aliphatic heterocycles. The third-order valence-corrected chi connectivity index (χ3v) is 3.17. The molecular weight excluding hydrogens is 256 g/mol. The molecule has 0 aromatic heterocycles. The Morgan fingerprint density at radius 1 is 1.10 bits per heavy atom. The van der Waals surface area contributed by atoms with E-state index in [0.29, 0.717) is 17.1 Å². The molecule has 0 saturated heterocycles. The number of fused-ring (bicyclic) bond motifs is 1. The number of nitrogens with zero attached hydrogens (tertiary/aromatic N) is 1. The minimum Gasteiger partial charge on any atom is -0.454 e. The number of benzene rings is 2. The Bertz CT molecular complexity index is 696. The normalized spacial score (nSPS) is 12.8. The molecule has 0 unspecified atom stereocenters. The maximum Gasteiger partial charge on any atom is 0.231 e. The highest BCUT2D eigenvalue weighted by atomic mass is 16.7. The highest BCUT2D eigenvalue weighted by molar-refractivity contribution is 5.98. The number of ether oxygens (including phenoxy) is 2. The van der Waals surface area contributed by atoms with Gasteiger partial charge in [-0.2, -0.15) is 0 Å². The Balaban J connectivity index is 2.23. The zero-order valence-electron chi connectivity index (χ0n) is 10.5. The lowest BCUT2D eigenvalue weighted by Gasteiger charge is -2.11. The molecule has 1 heterocycles. The number of rotatable bonds is 3. The second kappa shape index (κ2) is 5.05. The molecule has 100 valence electrons. The van der Waals surface area contributed by atoms with Gasteiger partial charge in [0.2, 0.25) is 6.79 Å². The predicted octanol–water partition coefficient (Wildman–Crippen LogP) is 2.89. The third kappa shape index (κ3) is 1.89. The van der Waals surface area contributed by atoms with Gasteiger partial charge in [0.25, 0.3) is 0 Å². The van der Waals surface area contributed by atoms with Crippen LogP contribution in [-0.2, 0) is 0 Å². The molecule has 5 nitrogen and oxygen atoms in total. The molecule has 0 bridgehead atoms. The number of nitrogens with one attached hydrogen (secondary N) is 1. The van der Waals surface area contributed by atoms with E-state index in [-0.39, 0.29) is 6.79 Å². The van der Waals surface area contributed by atoms with E-state index < -0.39 is 0 Å². The van der Waals surface area contributed by atoms with Crippen molar-refractivity contribution in [3.63, 3.8) is 0 Å². The second-order valence-electron chi connectivity index (χ2n) is 4.24. The van der Waals surface area contributed by atoms with Crippen LogP contribution in [0.15, 0.2) is 41.6 Å². The zero-order valence-corrected chi connectivity index (χ0v) is 10.5. The van der Waals surface area contributed by atoms with Crippen molar-refractivity contribution >= 4 is 12.4 Å². The molecule has 0 saturated carbocycles. The maximum absolute atomic E-state index is 8.75. The summed E-state index contributed by atoms with van der Waals surface area (Å²) in [7, 11) is 0. The van der Waals surface area contributed by atoms with E-state index in [1.165, 1.54) is 12.4 Å². The van der Waals surface area contributed by atoms with E-state index >= 15 is 0 Å². The second-order valence-corrected chi connectivity index (χ2v) is 4.24. The monoisotopic (exact) mass is 268 g/mol. The summed E-state index contributed by atoms with van der Waals surface area (Å²) in [6.07, 6.45) is 2.61. The van der Waals surface area contributed by atoms with Gasteiger partial charge in [-0.3, -0.25) is 0 Å². The van der Waals surface area contributed by atoms with Crippen molar-refractivity contribution in [1.82, 2.24) is 0 Å². The van der Waals surface area contributed by atoms with Crippen LogP contribution < -0.4 is 9.47 Å². The fourth-order valence-electron chi connectivity index (χ4n) is 2.29. The molecule has 2 aromatic rings. The first-order valence-electron chi connectivity index (χ1n) is 6.05. The van der Waals surface area contributed by atoms with Gasteiger partial charge in [0.1, 0.15) is 0 Å². The first-order chi connectivity index (χ1) is 9.85. The summed E-state index contributed by atoms with van der Waals surface area (Å²) in [6, 6.07) is 11.2. The average molecular weight is 268 g/mol. The third-order valence-electron chi connectivity index (χ3n) is 3.17. The summed E-state index contributed by atoms with van der Waals surface area (Å²) in [5, 5.41) is 19.5. The van der Waals surface area contributed by atoms with E-state index in [1.54, 1.807) is 0 Å². The van der Waals surface area contributed by atoms with Gasteiger partial charge in [0.05, 0.1) is 6.21 Å². The number of hydrogen-bond acceptors (Lipinski definition) is 5. The summed E-state index contributed by atoms with van der Waals surface area (Å²) < 4.78 is 10.7. The van der Waals surface area contributed by atoms with E-state index in [0.717, 1.165) is 16.7 Å². The molecule has 0 spiro atoms. The zero-order chi connectivity index (χ0) is 13.9. The molecular formula is C15H12N2O3. The summed E-state index contributed by atoms with van der Waals surface area (Å²) in [4.78, 5) is 0. The summed E-state index contributed by atoms with van der Waals surface area (Å²) >= 11 is 0. The van der Waals surface area contributed by atoms with Gasteiger partial charge in [0.15, 0.2) is 11.5 Å². The highest BCUT2D eigenvalue weighted by Gasteiger charge is 2.21. The van der Waals surface area contributed by atoms with E-state index in [9.17, 15) is 0 Å². The standard InChI is InChI=1S/C15H12N2O3/c16-7-13-12(5-6-14-15(13)20-9-19-14)11-4-2-1-3-10(11)8-17-18/h1-8,16,18H,9H2/b16-7?,17-8+. The van der Waals surface area contributed by atoms with Crippen molar-refractivity contribution in [3.05, 3.63) is 47.5 Å². The smallest absolute Gasteiger partial charge is 0.231 e. The van der Waals surface area contributed by atoms with Crippen LogP contribution in [0, 0.1) is 5.41 Å². The summed E-state index contributed by atoms with van der Waals surface area (Å²) in [6.45, 7) is 0.166. The van der Waals surface area contributed by atoms with Gasteiger partial charge in [0, 0.05) is 17.3 Å². The topological polar surface area (TPSA) is 74.9 Å². The van der Waals surface area contributed by atoms with E-state index in [4.69, 9.17) is 20.1 Å². The molecule has 0 amide bonds. The lowest BCUT2D eigenvalue weighted by Crippen LogP contribution is -1.96. The minimum atomic E-state index is 0.166. The van der Waals surface area contributed by atoms with Crippen LogP contribution in [0.25, 0.3) is 11.1 Å². The van der Waals surface area contributed by atoms with Gasteiger partial charge >= 0.3 is 0 Å². The van der Waals surface area contributed by atoms with Crippen molar-refractivity contribution in [1.29, 1.82) is 5.41 Å². The molecule has 1 aliphatic rings. The lowest BCUT2D eigenvalue weighted by atomic mass is 9.95. The molecule has 0 radical (unpaired) electrons. The number of oxime groups is 1. The Kier molecular flexibility index (Phi) is 3.09. The molecule has 5 heteroatoms. The van der Waals surface area contributed by atoms with Crippen LogP contribution in [-0.4, -0.2) is 24.4 Å². The van der Waals surface area contributed by atoms with Gasteiger partial charge in [-0.05, 0) is 23.3 Å². The van der Waals surface area contributed by atoms with Gasteiger partial charge in [-0.1, -0.05) is 29.4 Å². The van der Waals surface area contributed by atoms with Gasteiger partial charge in [-0.25, -0.2) is 0 Å². The maximum atomic E-state index is 8.75. The quantitative estimate of drug-likeness (QED) is 0.510. The first kappa shape index (κ1) is 12.2. The Morgan fingerprint density at radius 3 is 2.75 bits per heavy atom. The van der Waals surface area contributed by atoms with Crippen molar-refractivity contribution in [2.45, 2.75) is 0 Å². The SMILES string of the molecule is N=Cc1c(-c2ccccc2/C=N/O)ccc2c1OCO2. The van der Waals surface area contributed by atoms with Crippen molar-refractivity contribution in [3.8, 4) is 22.6 Å². The summed E-state index contributed by atoms with van der Waals surface area (Å²) in [5.41, 5.74) is 3.11. The Morgan fingerprint density at radius 2 is 1.95 bits per heavy atom. The lowest BCUT2D eigenvalue weighted by molar-refractivity contribution is 0.174. The van der Waals surface area contributed by atoms with Crippen LogP contribution in [0.2, 0.25) is 0 Å². The van der Waals surface area contributed by atoms with Crippen LogP contribution in [0.1, 0.15) is 11.1 Å². The highest BCUT2D eigenvalue weighted by Crippen LogP contribution is 2.40. The molecule has 3 rings (SSSR count). The van der Waals surface area contributed by atoms with Crippen molar-refractivity contribution in [2.75, 3.05) is 6.79 Å².